The van der Waals surface area contributed by atoms with E-state index in [1.165, 1.54) is 30.0 Å². The van der Waals surface area contributed by atoms with Crippen LogP contribution >= 0.6 is 0 Å². The molecule has 3 N–H and O–H groups in total. The van der Waals surface area contributed by atoms with Gasteiger partial charge in [0.2, 0.25) is 0 Å². The van der Waals surface area contributed by atoms with Gasteiger partial charge < -0.3 is 25.2 Å². The first-order chi connectivity index (χ1) is 18.1. The Morgan fingerprint density at radius 3 is 2.42 bits per heavy atom. The number of alkyl halides is 2. The summed E-state index contributed by atoms with van der Waals surface area (Å²) in [4.78, 5) is 39.1. The summed E-state index contributed by atoms with van der Waals surface area (Å²) < 4.78 is 42.7. The van der Waals surface area contributed by atoms with Crippen LogP contribution in [-0.4, -0.2) is 45.7 Å². The quantitative estimate of drug-likeness (QED) is 0.469. The number of rotatable bonds is 8. The number of benzene rings is 1. The minimum absolute atomic E-state index is 0.0395. The van der Waals surface area contributed by atoms with E-state index in [2.05, 4.69) is 10.6 Å². The molecule has 11 heteroatoms. The fourth-order valence-corrected chi connectivity index (χ4v) is 6.16. The molecule has 3 saturated carbocycles. The standard InChI is InChI=1S/C27H29F3N4O4/c1-12(14-3-2-4-15(23(14)28)25(29)30)31-26(36)19-11-34(21-7-16(21)13-5-6-13)22(35)8-20(19)32-24-17-9-33(27(37)38)10-18(17)24/h2-4,8,11-13,16-18,21,24-25,32H,5-7,9-10H2,1H3,(H,31,36)(H,37,38)/t12-,16-,17-,18+,21+,24-/m1/s1. The van der Waals surface area contributed by atoms with E-state index in [1.807, 2.05) is 0 Å². The molecule has 1 aromatic heterocycles. The monoisotopic (exact) mass is 530 g/mol. The van der Waals surface area contributed by atoms with E-state index < -0.39 is 35.8 Å². The molecule has 6 atom stereocenters. The van der Waals surface area contributed by atoms with Gasteiger partial charge in [0.1, 0.15) is 5.82 Å². The fraction of sp³-hybridized carbons (Fsp3) is 0.519. The van der Waals surface area contributed by atoms with Gasteiger partial charge in [-0.2, -0.15) is 0 Å². The first kappa shape index (κ1) is 24.8. The van der Waals surface area contributed by atoms with Crippen molar-refractivity contribution >= 4 is 17.7 Å². The fourth-order valence-electron chi connectivity index (χ4n) is 6.16. The lowest BCUT2D eigenvalue weighted by Gasteiger charge is -2.21. The van der Waals surface area contributed by atoms with Crippen LogP contribution in [0.25, 0.3) is 0 Å². The van der Waals surface area contributed by atoms with Crippen molar-refractivity contribution in [2.45, 2.75) is 50.7 Å². The highest BCUT2D eigenvalue weighted by atomic mass is 19.3. The van der Waals surface area contributed by atoms with E-state index in [0.29, 0.717) is 30.6 Å². The van der Waals surface area contributed by atoms with E-state index in [1.54, 1.807) is 10.8 Å². The summed E-state index contributed by atoms with van der Waals surface area (Å²) in [7, 11) is 0. The third-order valence-electron chi connectivity index (χ3n) is 8.61. The lowest BCUT2D eigenvalue weighted by molar-refractivity contribution is 0.0939. The molecule has 2 amide bonds. The van der Waals surface area contributed by atoms with Crippen molar-refractivity contribution in [3.63, 3.8) is 0 Å². The predicted molar refractivity (Wildman–Crippen MR) is 132 cm³/mol. The number of hydrogen-bond donors (Lipinski definition) is 3. The number of nitrogens with zero attached hydrogens (tertiary/aromatic N) is 2. The highest BCUT2D eigenvalue weighted by Gasteiger charge is 2.57. The molecule has 6 rings (SSSR count). The zero-order valence-electron chi connectivity index (χ0n) is 20.7. The van der Waals surface area contributed by atoms with Crippen LogP contribution in [0, 0.1) is 29.5 Å². The molecule has 202 valence electrons. The van der Waals surface area contributed by atoms with Gasteiger partial charge in [-0.1, -0.05) is 18.2 Å². The van der Waals surface area contributed by atoms with E-state index in [4.69, 9.17) is 0 Å². The molecular formula is C27H29F3N4O4. The molecule has 38 heavy (non-hydrogen) atoms. The number of nitrogens with one attached hydrogen (secondary N) is 2. The van der Waals surface area contributed by atoms with Crippen molar-refractivity contribution < 1.29 is 27.9 Å². The minimum atomic E-state index is -2.98. The van der Waals surface area contributed by atoms with Crippen molar-refractivity contribution in [1.82, 2.24) is 14.8 Å². The molecular weight excluding hydrogens is 501 g/mol. The zero-order chi connectivity index (χ0) is 26.9. The SMILES string of the molecule is C[C@@H](NC(=O)c1cn([C@H]2C[C@@H]2C2CC2)c(=O)cc1N[C@@H]1[C@@H]2CN(C(=O)O)C[C@@H]21)c1cccc(C(F)F)c1F. The van der Waals surface area contributed by atoms with E-state index in [9.17, 15) is 32.7 Å². The van der Waals surface area contributed by atoms with Crippen LogP contribution in [0.4, 0.5) is 23.7 Å². The summed E-state index contributed by atoms with van der Waals surface area (Å²) in [6, 6.07) is 4.17. The third kappa shape index (κ3) is 4.41. The minimum Gasteiger partial charge on any atom is -0.465 e. The third-order valence-corrected chi connectivity index (χ3v) is 8.61. The molecule has 1 saturated heterocycles. The summed E-state index contributed by atoms with van der Waals surface area (Å²) >= 11 is 0. The first-order valence-corrected chi connectivity index (χ1v) is 13.0. The van der Waals surface area contributed by atoms with Crippen molar-refractivity contribution in [3.8, 4) is 0 Å². The molecule has 4 aliphatic rings. The van der Waals surface area contributed by atoms with Crippen molar-refractivity contribution in [2.24, 2.45) is 23.7 Å². The number of aromatic nitrogens is 1. The summed E-state index contributed by atoms with van der Waals surface area (Å²) in [5, 5.41) is 15.2. The maximum atomic E-state index is 14.7. The number of piperidine rings is 1. The summed E-state index contributed by atoms with van der Waals surface area (Å²) in [6.07, 6.45) is 0.796. The van der Waals surface area contributed by atoms with Crippen LogP contribution in [0.1, 0.15) is 66.2 Å². The largest absolute Gasteiger partial charge is 0.465 e. The Bertz CT molecular complexity index is 1350. The maximum absolute atomic E-state index is 14.7. The van der Waals surface area contributed by atoms with Crippen LogP contribution in [-0.2, 0) is 0 Å². The molecule has 0 bridgehead atoms. The van der Waals surface area contributed by atoms with Gasteiger partial charge in [-0.15, -0.1) is 0 Å². The Balaban J connectivity index is 1.26. The van der Waals surface area contributed by atoms with Crippen LogP contribution in [0.5, 0.6) is 0 Å². The summed E-state index contributed by atoms with van der Waals surface area (Å²) in [5.41, 5.74) is -0.458. The Labute approximate surface area is 216 Å². The van der Waals surface area contributed by atoms with Gasteiger partial charge in [-0.25, -0.2) is 18.0 Å². The second-order valence-corrected chi connectivity index (χ2v) is 11.1. The molecule has 2 heterocycles. The Hall–Kier alpha value is -3.50. The van der Waals surface area contributed by atoms with E-state index in [0.717, 1.165) is 25.3 Å². The Morgan fingerprint density at radius 2 is 1.79 bits per heavy atom. The Morgan fingerprint density at radius 1 is 1.11 bits per heavy atom. The average Bonchev–Trinajstić information content (AvgIpc) is 3.79. The molecule has 1 aromatic carbocycles. The van der Waals surface area contributed by atoms with E-state index >= 15 is 0 Å². The summed E-state index contributed by atoms with van der Waals surface area (Å²) in [6.45, 7) is 2.29. The molecule has 0 unspecified atom stereocenters. The molecule has 0 spiro atoms. The molecule has 3 aliphatic carbocycles. The highest BCUT2D eigenvalue weighted by Crippen LogP contribution is 2.56. The lowest BCUT2D eigenvalue weighted by atomic mass is 10.0. The van der Waals surface area contributed by atoms with Crippen LogP contribution in [0.15, 0.2) is 35.3 Å². The molecule has 8 nitrogen and oxygen atoms in total. The second-order valence-electron chi connectivity index (χ2n) is 11.1. The predicted octanol–water partition coefficient (Wildman–Crippen LogP) is 4.41. The number of pyridine rings is 1. The zero-order valence-corrected chi connectivity index (χ0v) is 20.7. The normalized spacial score (nSPS) is 28.1. The number of fused-ring (bicyclic) bond motifs is 1. The number of anilines is 1. The second kappa shape index (κ2) is 9.06. The van der Waals surface area contributed by atoms with Gasteiger partial charge in [0.05, 0.1) is 22.9 Å². The molecule has 1 aliphatic heterocycles. The molecule has 4 fully saturated rings. The van der Waals surface area contributed by atoms with Gasteiger partial charge in [-0.05, 0) is 38.0 Å². The number of likely N-dealkylation sites (tertiary alicyclic amines) is 1. The lowest BCUT2D eigenvalue weighted by Crippen LogP contribution is -2.34. The van der Waals surface area contributed by atoms with Crippen molar-refractivity contribution in [3.05, 3.63) is 63.3 Å². The molecule has 0 radical (unpaired) electrons. The van der Waals surface area contributed by atoms with Crippen molar-refractivity contribution in [2.75, 3.05) is 18.4 Å². The number of halogens is 3. The number of carboxylic acid groups (broad SMARTS) is 1. The number of hydrogen-bond acceptors (Lipinski definition) is 4. The number of amides is 2. The summed E-state index contributed by atoms with van der Waals surface area (Å²) in [5.74, 6) is -0.378. The van der Waals surface area contributed by atoms with Crippen LogP contribution in [0.3, 0.4) is 0 Å². The van der Waals surface area contributed by atoms with Gasteiger partial charge in [0.25, 0.3) is 17.9 Å². The van der Waals surface area contributed by atoms with Gasteiger partial charge in [-0.3, -0.25) is 9.59 Å². The van der Waals surface area contributed by atoms with E-state index in [-0.39, 0.29) is 40.6 Å². The van der Waals surface area contributed by atoms with Crippen LogP contribution in [0.2, 0.25) is 0 Å². The topological polar surface area (TPSA) is 104 Å². The van der Waals surface area contributed by atoms with Gasteiger partial charge in [0.15, 0.2) is 0 Å². The van der Waals surface area contributed by atoms with Crippen LogP contribution < -0.4 is 16.2 Å². The van der Waals surface area contributed by atoms with Crippen molar-refractivity contribution in [1.29, 1.82) is 0 Å². The maximum Gasteiger partial charge on any atom is 0.407 e. The average molecular weight is 531 g/mol. The number of carbonyl (C=O) groups is 2. The number of carbonyl (C=O) groups excluding carboxylic acids is 1. The first-order valence-electron chi connectivity index (χ1n) is 13.0. The highest BCUT2D eigenvalue weighted by molar-refractivity contribution is 5.99. The molecule has 2 aromatic rings. The van der Waals surface area contributed by atoms with Gasteiger partial charge in [0, 0.05) is 54.8 Å². The Kier molecular flexibility index (Phi) is 5.92. The smallest absolute Gasteiger partial charge is 0.407 e. The van der Waals surface area contributed by atoms with Gasteiger partial charge >= 0.3 is 6.09 Å².